The zero-order chi connectivity index (χ0) is 17.9. The summed E-state index contributed by atoms with van der Waals surface area (Å²) in [5, 5.41) is 6.48. The lowest BCUT2D eigenvalue weighted by molar-refractivity contribution is 0.269. The quantitative estimate of drug-likeness (QED) is 0.336. The average Bonchev–Trinajstić information content (AvgIpc) is 2.43. The minimum absolute atomic E-state index is 0.0783. The first-order chi connectivity index (χ1) is 10.7. The predicted octanol–water partition coefficient (Wildman–Crippen LogP) is 1.49. The second-order valence-electron chi connectivity index (χ2n) is 6.51. The number of unbranched alkanes of at least 4 members (excludes halogenated alkanes) is 1. The molecular formula is C16H36N4O2S. The maximum absolute atomic E-state index is 11.2. The normalized spacial score (nSPS) is 14.3. The molecule has 0 aromatic heterocycles. The fourth-order valence-corrected chi connectivity index (χ4v) is 2.72. The molecule has 0 radical (unpaired) electrons. The predicted molar refractivity (Wildman–Crippen MR) is 99.9 cm³/mol. The van der Waals surface area contributed by atoms with Gasteiger partial charge in [0.1, 0.15) is 9.84 Å². The van der Waals surface area contributed by atoms with Crippen molar-refractivity contribution in [2.75, 3.05) is 38.7 Å². The molecule has 1 unspecified atom stereocenters. The van der Waals surface area contributed by atoms with Gasteiger partial charge in [0.05, 0.1) is 5.75 Å². The van der Waals surface area contributed by atoms with Gasteiger partial charge < -0.3 is 15.5 Å². The number of guanidine groups is 1. The van der Waals surface area contributed by atoms with Crippen LogP contribution in [0.1, 0.15) is 47.0 Å². The fraction of sp³-hybridized carbons (Fsp3) is 0.938. The second-order valence-corrected chi connectivity index (χ2v) is 8.77. The van der Waals surface area contributed by atoms with Gasteiger partial charge in [-0.3, -0.25) is 4.99 Å². The molecule has 0 aromatic rings. The number of hydrogen-bond donors (Lipinski definition) is 2. The number of aliphatic imine (C=N–C) groups is 1. The van der Waals surface area contributed by atoms with Crippen molar-refractivity contribution in [1.29, 1.82) is 0 Å². The highest BCUT2D eigenvalue weighted by atomic mass is 32.2. The summed E-state index contributed by atoms with van der Waals surface area (Å²) in [6, 6.07) is 0.655. The van der Waals surface area contributed by atoms with Gasteiger partial charge in [0.25, 0.3) is 0 Å². The van der Waals surface area contributed by atoms with E-state index in [2.05, 4.69) is 41.4 Å². The van der Waals surface area contributed by atoms with Crippen LogP contribution >= 0.6 is 0 Å². The highest BCUT2D eigenvalue weighted by molar-refractivity contribution is 7.90. The summed E-state index contributed by atoms with van der Waals surface area (Å²) in [7, 11) is -0.770. The Morgan fingerprint density at radius 3 is 2.39 bits per heavy atom. The largest absolute Gasteiger partial charge is 0.357 e. The second kappa shape index (κ2) is 11.7. The van der Waals surface area contributed by atoms with Crippen LogP contribution in [-0.4, -0.2) is 70.1 Å². The van der Waals surface area contributed by atoms with Gasteiger partial charge in [0, 0.05) is 31.4 Å². The SMILES string of the molecule is CCNC(=NCCCCN(C)C(C)C)NC(C)CCS(C)(=O)=O. The van der Waals surface area contributed by atoms with Crippen LogP contribution in [0.5, 0.6) is 0 Å². The summed E-state index contributed by atoms with van der Waals surface area (Å²) in [6.45, 7) is 11.1. The molecule has 0 rings (SSSR count). The van der Waals surface area contributed by atoms with Gasteiger partial charge in [0.2, 0.25) is 0 Å². The molecule has 1 atom stereocenters. The monoisotopic (exact) mass is 348 g/mol. The molecule has 0 aliphatic rings. The first kappa shape index (κ1) is 22.2. The van der Waals surface area contributed by atoms with Crippen LogP contribution in [0.25, 0.3) is 0 Å². The lowest BCUT2D eigenvalue weighted by atomic mass is 10.2. The van der Waals surface area contributed by atoms with Gasteiger partial charge in [-0.15, -0.1) is 0 Å². The van der Waals surface area contributed by atoms with Crippen LogP contribution in [0.2, 0.25) is 0 Å². The van der Waals surface area contributed by atoms with Crippen LogP contribution in [0.3, 0.4) is 0 Å². The van der Waals surface area contributed by atoms with E-state index in [9.17, 15) is 8.42 Å². The van der Waals surface area contributed by atoms with Crippen LogP contribution in [0, 0.1) is 0 Å². The van der Waals surface area contributed by atoms with Gasteiger partial charge in [-0.05, 0) is 60.5 Å². The van der Waals surface area contributed by atoms with Crippen molar-refractivity contribution in [2.24, 2.45) is 4.99 Å². The average molecular weight is 349 g/mol. The molecule has 0 fully saturated rings. The molecule has 0 spiro atoms. The molecule has 23 heavy (non-hydrogen) atoms. The smallest absolute Gasteiger partial charge is 0.191 e. The highest BCUT2D eigenvalue weighted by Gasteiger charge is 2.09. The lowest BCUT2D eigenvalue weighted by Gasteiger charge is -2.20. The molecule has 2 N–H and O–H groups in total. The Kier molecular flexibility index (Phi) is 11.3. The molecule has 138 valence electrons. The Hall–Kier alpha value is -0.820. The minimum Gasteiger partial charge on any atom is -0.357 e. The number of hydrogen-bond acceptors (Lipinski definition) is 4. The summed E-state index contributed by atoms with van der Waals surface area (Å²) in [4.78, 5) is 6.90. The summed E-state index contributed by atoms with van der Waals surface area (Å²) >= 11 is 0. The van der Waals surface area contributed by atoms with Crippen LogP contribution in [-0.2, 0) is 9.84 Å². The van der Waals surface area contributed by atoms with E-state index < -0.39 is 9.84 Å². The van der Waals surface area contributed by atoms with Crippen molar-refractivity contribution in [1.82, 2.24) is 15.5 Å². The molecule has 0 saturated carbocycles. The molecular weight excluding hydrogens is 312 g/mol. The van der Waals surface area contributed by atoms with Crippen LogP contribution < -0.4 is 10.6 Å². The zero-order valence-corrected chi connectivity index (χ0v) is 16.5. The number of nitrogens with zero attached hydrogens (tertiary/aromatic N) is 2. The number of nitrogens with one attached hydrogen (secondary N) is 2. The molecule has 0 amide bonds. The Morgan fingerprint density at radius 1 is 1.22 bits per heavy atom. The Bertz CT molecular complexity index is 435. The first-order valence-corrected chi connectivity index (χ1v) is 10.6. The third-order valence-electron chi connectivity index (χ3n) is 3.72. The molecule has 0 heterocycles. The third kappa shape index (κ3) is 13.3. The van der Waals surface area contributed by atoms with E-state index in [1.54, 1.807) is 0 Å². The fourth-order valence-electron chi connectivity index (χ4n) is 1.94. The minimum atomic E-state index is -2.91. The Balaban J connectivity index is 4.17. The number of rotatable bonds is 11. The molecule has 0 bridgehead atoms. The molecule has 0 aliphatic carbocycles. The van der Waals surface area contributed by atoms with Crippen molar-refractivity contribution in [3.8, 4) is 0 Å². The third-order valence-corrected chi connectivity index (χ3v) is 4.70. The van der Waals surface area contributed by atoms with E-state index in [4.69, 9.17) is 0 Å². The van der Waals surface area contributed by atoms with E-state index in [1.807, 2.05) is 13.8 Å². The molecule has 7 heteroatoms. The van der Waals surface area contributed by atoms with E-state index in [-0.39, 0.29) is 11.8 Å². The van der Waals surface area contributed by atoms with Crippen molar-refractivity contribution in [3.63, 3.8) is 0 Å². The standard InChI is InChI=1S/C16H36N4O2S/c1-7-17-16(19-15(4)10-13-23(6,21)22)18-11-8-9-12-20(5)14(2)3/h14-15H,7-13H2,1-6H3,(H2,17,18,19). The topological polar surface area (TPSA) is 73.8 Å². The summed E-state index contributed by atoms with van der Waals surface area (Å²) < 4.78 is 22.4. The van der Waals surface area contributed by atoms with Crippen molar-refractivity contribution < 1.29 is 8.42 Å². The van der Waals surface area contributed by atoms with Crippen molar-refractivity contribution in [3.05, 3.63) is 0 Å². The van der Waals surface area contributed by atoms with E-state index in [0.29, 0.717) is 12.5 Å². The van der Waals surface area contributed by atoms with E-state index in [1.165, 1.54) is 6.26 Å². The van der Waals surface area contributed by atoms with Gasteiger partial charge in [-0.1, -0.05) is 0 Å². The molecule has 0 aromatic carbocycles. The van der Waals surface area contributed by atoms with Crippen molar-refractivity contribution >= 4 is 15.8 Å². The van der Waals surface area contributed by atoms with Gasteiger partial charge in [-0.2, -0.15) is 0 Å². The van der Waals surface area contributed by atoms with Gasteiger partial charge in [-0.25, -0.2) is 8.42 Å². The molecule has 0 saturated heterocycles. The number of sulfone groups is 1. The maximum Gasteiger partial charge on any atom is 0.191 e. The van der Waals surface area contributed by atoms with Crippen LogP contribution in [0.15, 0.2) is 4.99 Å². The summed E-state index contributed by atoms with van der Waals surface area (Å²) in [6.07, 6.45) is 4.03. The highest BCUT2D eigenvalue weighted by Crippen LogP contribution is 1.99. The van der Waals surface area contributed by atoms with Gasteiger partial charge >= 0.3 is 0 Å². The summed E-state index contributed by atoms with van der Waals surface area (Å²) in [5.74, 6) is 0.966. The van der Waals surface area contributed by atoms with Crippen LogP contribution in [0.4, 0.5) is 0 Å². The first-order valence-electron chi connectivity index (χ1n) is 8.58. The molecule has 0 aliphatic heterocycles. The summed E-state index contributed by atoms with van der Waals surface area (Å²) in [5.41, 5.74) is 0. The van der Waals surface area contributed by atoms with Gasteiger partial charge in [0.15, 0.2) is 5.96 Å². The Morgan fingerprint density at radius 2 is 1.87 bits per heavy atom. The van der Waals surface area contributed by atoms with E-state index >= 15 is 0 Å². The van der Waals surface area contributed by atoms with E-state index in [0.717, 1.165) is 38.4 Å². The Labute approximate surface area is 143 Å². The van der Waals surface area contributed by atoms with Crippen molar-refractivity contribution in [2.45, 2.75) is 59.0 Å². The zero-order valence-electron chi connectivity index (χ0n) is 15.7. The lowest BCUT2D eigenvalue weighted by Crippen LogP contribution is -2.42. The maximum atomic E-state index is 11.2. The molecule has 6 nitrogen and oxygen atoms in total.